The fraction of sp³-hybridized carbons (Fsp3) is 0.227. The Morgan fingerprint density at radius 3 is 1.23 bits per heavy atom. The number of hydrogen-bond acceptors (Lipinski definition) is 0. The Hall–Kier alpha value is -5.32. The Labute approximate surface area is 262 Å². The summed E-state index contributed by atoms with van der Waals surface area (Å²) in [6.07, 6.45) is 17.2. The van der Waals surface area contributed by atoms with Gasteiger partial charge in [0.15, 0.2) is 0 Å². The molecule has 0 aliphatic heterocycles. The maximum Gasteiger partial charge on any atom is 0.117 e. The second kappa shape index (κ2) is 10.4. The Kier molecular flexibility index (Phi) is 6.53. The van der Waals surface area contributed by atoms with Crippen LogP contribution in [0.1, 0.15) is 54.4 Å². The van der Waals surface area contributed by atoms with Crippen LogP contribution in [-0.4, -0.2) is 0 Å². The molecule has 8 rings (SSSR count). The van der Waals surface area contributed by atoms with E-state index in [9.17, 15) is 0 Å². The molecule has 4 fully saturated rings. The number of hydrogen-bond donors (Lipinski definition) is 0. The highest BCUT2D eigenvalue weighted by atomic mass is 14.8. The van der Waals surface area contributed by atoms with Crippen molar-refractivity contribution in [3.8, 4) is 60.2 Å². The van der Waals surface area contributed by atoms with Gasteiger partial charge in [0.1, 0.15) is 5.41 Å². The molecule has 0 nitrogen and oxygen atoms in total. The third-order valence-electron chi connectivity index (χ3n) is 10.1. The van der Waals surface area contributed by atoms with Gasteiger partial charge < -0.3 is 0 Å². The SMILES string of the molecule is C#CC1(C#C)C2(C#Cc3ccccc3)CC3(C#Cc4ccccc4)CC(C#Cc4ccccc4)(C2)CC1(c1ccccc1)C3. The molecular formula is C44H32. The molecule has 2 atom stereocenters. The van der Waals surface area contributed by atoms with Gasteiger partial charge in [-0.25, -0.2) is 0 Å². The molecule has 2 unspecified atom stereocenters. The first-order chi connectivity index (χ1) is 21.5. The first kappa shape index (κ1) is 27.5. The smallest absolute Gasteiger partial charge is 0.117 e. The summed E-state index contributed by atoms with van der Waals surface area (Å²) >= 11 is 0. The summed E-state index contributed by atoms with van der Waals surface area (Å²) in [5, 5.41) is 0. The topological polar surface area (TPSA) is 0 Å². The quantitative estimate of drug-likeness (QED) is 0.206. The average molecular weight is 561 g/mol. The van der Waals surface area contributed by atoms with Crippen molar-refractivity contribution in [2.45, 2.75) is 37.5 Å². The van der Waals surface area contributed by atoms with E-state index in [1.54, 1.807) is 0 Å². The minimum atomic E-state index is -0.931. The summed E-state index contributed by atoms with van der Waals surface area (Å²) in [6, 6.07) is 41.3. The van der Waals surface area contributed by atoms with E-state index in [-0.39, 0.29) is 10.8 Å². The van der Waals surface area contributed by atoms with E-state index in [0.29, 0.717) is 0 Å². The van der Waals surface area contributed by atoms with Crippen molar-refractivity contribution in [3.05, 3.63) is 144 Å². The van der Waals surface area contributed by atoms with Gasteiger partial charge >= 0.3 is 0 Å². The zero-order chi connectivity index (χ0) is 30.1. The van der Waals surface area contributed by atoms with Crippen LogP contribution in [0.25, 0.3) is 0 Å². The molecule has 208 valence electrons. The lowest BCUT2D eigenvalue weighted by Crippen LogP contribution is -2.71. The van der Waals surface area contributed by atoms with Crippen LogP contribution in [0, 0.1) is 81.9 Å². The van der Waals surface area contributed by atoms with E-state index in [2.05, 4.69) is 102 Å². The predicted molar refractivity (Wildman–Crippen MR) is 179 cm³/mol. The van der Waals surface area contributed by atoms with Crippen molar-refractivity contribution < 1.29 is 0 Å². The van der Waals surface area contributed by atoms with Crippen molar-refractivity contribution >= 4 is 0 Å². The third-order valence-corrected chi connectivity index (χ3v) is 10.1. The van der Waals surface area contributed by atoms with Gasteiger partial charge in [0.2, 0.25) is 0 Å². The molecule has 4 bridgehead atoms. The molecule has 0 radical (unpaired) electrons. The summed E-state index contributed by atoms with van der Waals surface area (Å²) in [5.41, 5.74) is 1.23. The summed E-state index contributed by atoms with van der Waals surface area (Å²) in [7, 11) is 0. The van der Waals surface area contributed by atoms with Crippen LogP contribution in [0.4, 0.5) is 0 Å². The van der Waals surface area contributed by atoms with Crippen LogP contribution in [0.3, 0.4) is 0 Å². The molecule has 0 heterocycles. The highest BCUT2D eigenvalue weighted by Crippen LogP contribution is 2.79. The molecule has 0 amide bonds. The fourth-order valence-corrected chi connectivity index (χ4v) is 8.83. The molecule has 0 N–H and O–H groups in total. The Bertz CT molecular complexity index is 1880. The van der Waals surface area contributed by atoms with Gasteiger partial charge in [-0.15, -0.1) is 12.8 Å². The second-order valence-electron chi connectivity index (χ2n) is 12.9. The Balaban J connectivity index is 1.53. The molecule has 4 aliphatic carbocycles. The van der Waals surface area contributed by atoms with Crippen molar-refractivity contribution in [3.63, 3.8) is 0 Å². The fourth-order valence-electron chi connectivity index (χ4n) is 8.83. The van der Waals surface area contributed by atoms with Crippen LogP contribution in [0.15, 0.2) is 121 Å². The zero-order valence-electron chi connectivity index (χ0n) is 24.7. The Morgan fingerprint density at radius 2 is 0.818 bits per heavy atom. The zero-order valence-corrected chi connectivity index (χ0v) is 24.7. The first-order valence-corrected chi connectivity index (χ1v) is 15.3. The standard InChI is InChI=1S/C44H32/c1-3-44(4-2)42(30-27-38-21-13-7-14-22-38)32-40(28-25-36-17-9-5-10-18-36)31-41(33-42,29-26-37-19-11-6-12-20-37)35-43(44,34-40)39-23-15-8-16-24-39/h1-2,5-24H,31-35H2. The molecule has 0 saturated heterocycles. The minimum absolute atomic E-state index is 0.365. The molecule has 0 spiro atoms. The monoisotopic (exact) mass is 560 g/mol. The maximum atomic E-state index is 6.66. The van der Waals surface area contributed by atoms with Crippen molar-refractivity contribution in [1.29, 1.82) is 0 Å². The van der Waals surface area contributed by atoms with Gasteiger partial charge in [0.25, 0.3) is 0 Å². The summed E-state index contributed by atoms with van der Waals surface area (Å²) < 4.78 is 0. The number of terminal acetylenes is 2. The van der Waals surface area contributed by atoms with Crippen LogP contribution >= 0.6 is 0 Å². The van der Waals surface area contributed by atoms with Crippen LogP contribution in [0.2, 0.25) is 0 Å². The van der Waals surface area contributed by atoms with Crippen molar-refractivity contribution in [2.75, 3.05) is 0 Å². The molecule has 0 aromatic heterocycles. The van der Waals surface area contributed by atoms with Crippen LogP contribution < -0.4 is 0 Å². The Morgan fingerprint density at radius 1 is 0.432 bits per heavy atom. The largest absolute Gasteiger partial charge is 0.118 e. The molecule has 4 aliphatic rings. The lowest BCUT2D eigenvalue weighted by Gasteiger charge is -2.73. The van der Waals surface area contributed by atoms with E-state index in [1.807, 2.05) is 66.7 Å². The van der Waals surface area contributed by atoms with E-state index >= 15 is 0 Å². The normalized spacial score (nSPS) is 28.4. The van der Waals surface area contributed by atoms with Gasteiger partial charge in [0.05, 0.1) is 5.41 Å². The number of rotatable bonds is 1. The van der Waals surface area contributed by atoms with Crippen molar-refractivity contribution in [2.24, 2.45) is 21.7 Å². The summed E-state index contributed by atoms with van der Waals surface area (Å²) in [6.45, 7) is 0. The van der Waals surface area contributed by atoms with Gasteiger partial charge in [-0.05, 0) is 74.1 Å². The molecule has 0 heteroatoms. The third kappa shape index (κ3) is 4.26. The van der Waals surface area contributed by atoms with Gasteiger partial charge in [0, 0.05) is 32.9 Å². The summed E-state index contributed by atoms with van der Waals surface area (Å²) in [4.78, 5) is 0. The first-order valence-electron chi connectivity index (χ1n) is 15.3. The van der Waals surface area contributed by atoms with Crippen LogP contribution in [0.5, 0.6) is 0 Å². The highest BCUT2D eigenvalue weighted by Gasteiger charge is 2.78. The highest BCUT2D eigenvalue weighted by molar-refractivity contribution is 5.57. The van der Waals surface area contributed by atoms with Gasteiger partial charge in [-0.3, -0.25) is 0 Å². The van der Waals surface area contributed by atoms with E-state index < -0.39 is 16.2 Å². The lowest BCUT2D eigenvalue weighted by molar-refractivity contribution is -0.157. The van der Waals surface area contributed by atoms with E-state index in [4.69, 9.17) is 12.8 Å². The molecule has 4 saturated carbocycles. The molecule has 44 heavy (non-hydrogen) atoms. The van der Waals surface area contributed by atoms with E-state index in [1.165, 1.54) is 0 Å². The minimum Gasteiger partial charge on any atom is -0.118 e. The predicted octanol–water partition coefficient (Wildman–Crippen LogP) is 8.28. The second-order valence-corrected chi connectivity index (χ2v) is 12.9. The van der Waals surface area contributed by atoms with Gasteiger partial charge in [-0.2, -0.15) is 0 Å². The van der Waals surface area contributed by atoms with E-state index in [0.717, 1.165) is 54.4 Å². The summed E-state index contributed by atoms with van der Waals surface area (Å²) in [5.74, 6) is 28.7. The molecular weight excluding hydrogens is 528 g/mol. The maximum absolute atomic E-state index is 6.66. The van der Waals surface area contributed by atoms with Gasteiger partial charge in [-0.1, -0.05) is 132 Å². The average Bonchev–Trinajstić information content (AvgIpc) is 3.08. The molecule has 4 aromatic carbocycles. The molecule has 4 aromatic rings. The lowest BCUT2D eigenvalue weighted by atomic mass is 9.27. The van der Waals surface area contributed by atoms with Crippen molar-refractivity contribution in [1.82, 2.24) is 0 Å². The number of benzene rings is 4. The van der Waals surface area contributed by atoms with Crippen LogP contribution in [-0.2, 0) is 5.41 Å².